The van der Waals surface area contributed by atoms with Crippen LogP contribution in [0.4, 0.5) is 0 Å². The Morgan fingerprint density at radius 2 is 2.19 bits per heavy atom. The Labute approximate surface area is 125 Å². The third-order valence-electron chi connectivity index (χ3n) is 3.42. The fraction of sp³-hybridized carbons (Fsp3) is 0.357. The molecule has 0 unspecified atom stereocenters. The van der Waals surface area contributed by atoms with Gasteiger partial charge in [0.15, 0.2) is 0 Å². The zero-order valence-corrected chi connectivity index (χ0v) is 13.0. The van der Waals surface area contributed by atoms with E-state index in [4.69, 9.17) is 5.73 Å². The fourth-order valence-corrected chi connectivity index (χ4v) is 3.15. The van der Waals surface area contributed by atoms with Crippen molar-refractivity contribution in [3.63, 3.8) is 0 Å². The maximum absolute atomic E-state index is 12.3. The quantitative estimate of drug-likeness (QED) is 0.837. The summed E-state index contributed by atoms with van der Waals surface area (Å²) in [6.45, 7) is 5.08. The lowest BCUT2D eigenvalue weighted by Crippen LogP contribution is -2.23. The van der Waals surface area contributed by atoms with Crippen molar-refractivity contribution in [1.82, 2.24) is 14.3 Å². The molecule has 21 heavy (non-hydrogen) atoms. The van der Waals surface area contributed by atoms with Gasteiger partial charge in [0.05, 0.1) is 4.90 Å². The lowest BCUT2D eigenvalue weighted by molar-refractivity contribution is 0.580. The van der Waals surface area contributed by atoms with Gasteiger partial charge in [-0.3, -0.25) is 4.98 Å². The third kappa shape index (κ3) is 3.49. The molecule has 114 valence electrons. The van der Waals surface area contributed by atoms with Crippen molar-refractivity contribution in [1.29, 1.82) is 0 Å². The van der Waals surface area contributed by atoms with Crippen LogP contribution >= 0.6 is 0 Å². The van der Waals surface area contributed by atoms with Gasteiger partial charge in [-0.25, -0.2) is 13.1 Å². The number of nitrogens with zero attached hydrogens (tertiary/aromatic N) is 2. The molecule has 0 bridgehead atoms. The molecule has 0 aliphatic heterocycles. The first-order valence-corrected chi connectivity index (χ1v) is 8.24. The standard InChI is InChI=1S/C14H20N4O2S/c1-3-18-10-14(6-13(18)7-15)21(19,20)17-9-12-8-16-5-4-11(12)2/h4-6,8,10,17H,3,7,9,15H2,1-2H3. The van der Waals surface area contributed by atoms with E-state index in [1.165, 1.54) is 0 Å². The number of pyridine rings is 1. The molecular formula is C14H20N4O2S. The Morgan fingerprint density at radius 1 is 1.43 bits per heavy atom. The molecule has 0 aliphatic carbocycles. The maximum atomic E-state index is 12.3. The Bertz CT molecular complexity index is 701. The van der Waals surface area contributed by atoms with Crippen LogP contribution in [0.5, 0.6) is 0 Å². The monoisotopic (exact) mass is 308 g/mol. The molecule has 0 saturated heterocycles. The molecule has 0 saturated carbocycles. The first-order chi connectivity index (χ1) is 9.97. The molecule has 6 nitrogen and oxygen atoms in total. The van der Waals surface area contributed by atoms with E-state index in [0.717, 1.165) is 16.8 Å². The maximum Gasteiger partial charge on any atom is 0.242 e. The van der Waals surface area contributed by atoms with E-state index >= 15 is 0 Å². The molecular weight excluding hydrogens is 288 g/mol. The Hall–Kier alpha value is -1.70. The average Bonchev–Trinajstić information content (AvgIpc) is 2.90. The number of rotatable bonds is 6. The van der Waals surface area contributed by atoms with Gasteiger partial charge in [-0.1, -0.05) is 0 Å². The molecule has 2 heterocycles. The molecule has 2 aromatic heterocycles. The molecule has 0 aliphatic rings. The van der Waals surface area contributed by atoms with E-state index in [0.29, 0.717) is 13.1 Å². The molecule has 2 rings (SSSR count). The summed E-state index contributed by atoms with van der Waals surface area (Å²) < 4.78 is 29.1. The third-order valence-corrected chi connectivity index (χ3v) is 4.79. The van der Waals surface area contributed by atoms with Crippen molar-refractivity contribution < 1.29 is 8.42 Å². The smallest absolute Gasteiger partial charge is 0.242 e. The van der Waals surface area contributed by atoms with Crippen LogP contribution in [0.25, 0.3) is 0 Å². The van der Waals surface area contributed by atoms with Crippen LogP contribution in [0.2, 0.25) is 0 Å². The molecule has 0 amide bonds. The van der Waals surface area contributed by atoms with E-state index in [1.54, 1.807) is 24.7 Å². The largest absolute Gasteiger partial charge is 0.349 e. The van der Waals surface area contributed by atoms with Crippen LogP contribution in [-0.4, -0.2) is 18.0 Å². The molecule has 0 spiro atoms. The molecule has 0 atom stereocenters. The Kier molecular flexibility index (Phi) is 4.76. The fourth-order valence-electron chi connectivity index (χ4n) is 2.08. The minimum Gasteiger partial charge on any atom is -0.349 e. The number of hydrogen-bond acceptors (Lipinski definition) is 4. The van der Waals surface area contributed by atoms with E-state index in [2.05, 4.69) is 9.71 Å². The molecule has 0 fully saturated rings. The molecule has 2 aromatic rings. The number of aromatic nitrogens is 2. The molecule has 0 radical (unpaired) electrons. The van der Waals surface area contributed by atoms with Crippen LogP contribution < -0.4 is 10.5 Å². The second-order valence-corrected chi connectivity index (χ2v) is 6.55. The highest BCUT2D eigenvalue weighted by molar-refractivity contribution is 7.89. The van der Waals surface area contributed by atoms with E-state index in [1.807, 2.05) is 24.5 Å². The first-order valence-electron chi connectivity index (χ1n) is 6.76. The lowest BCUT2D eigenvalue weighted by Gasteiger charge is -2.07. The second kappa shape index (κ2) is 6.38. The Balaban J connectivity index is 2.19. The number of sulfonamides is 1. The normalized spacial score (nSPS) is 11.8. The van der Waals surface area contributed by atoms with Crippen LogP contribution in [0.15, 0.2) is 35.6 Å². The summed E-state index contributed by atoms with van der Waals surface area (Å²) >= 11 is 0. The number of nitrogens with one attached hydrogen (secondary N) is 1. The lowest BCUT2D eigenvalue weighted by atomic mass is 10.2. The number of nitrogens with two attached hydrogens (primary N) is 1. The number of aryl methyl sites for hydroxylation is 2. The van der Waals surface area contributed by atoms with Crippen molar-refractivity contribution in [3.8, 4) is 0 Å². The SMILES string of the molecule is CCn1cc(S(=O)(=O)NCc2cnccc2C)cc1CN. The van der Waals surface area contributed by atoms with Gasteiger partial charge in [-0.2, -0.15) is 0 Å². The minimum absolute atomic E-state index is 0.220. The van der Waals surface area contributed by atoms with Crippen molar-refractivity contribution >= 4 is 10.0 Å². The zero-order chi connectivity index (χ0) is 15.5. The van der Waals surface area contributed by atoms with Gasteiger partial charge in [0.25, 0.3) is 0 Å². The highest BCUT2D eigenvalue weighted by Gasteiger charge is 2.17. The summed E-state index contributed by atoms with van der Waals surface area (Å²) in [5, 5.41) is 0. The predicted molar refractivity (Wildman–Crippen MR) is 81.0 cm³/mol. The summed E-state index contributed by atoms with van der Waals surface area (Å²) in [7, 11) is -3.55. The molecule has 7 heteroatoms. The van der Waals surface area contributed by atoms with Crippen molar-refractivity contribution in [3.05, 3.63) is 47.5 Å². The predicted octanol–water partition coefficient (Wildman–Crippen LogP) is 1.15. The van der Waals surface area contributed by atoms with Gasteiger partial charge in [-0.15, -0.1) is 0 Å². The average molecular weight is 308 g/mol. The van der Waals surface area contributed by atoms with Gasteiger partial charge in [0.1, 0.15) is 0 Å². The van der Waals surface area contributed by atoms with E-state index in [9.17, 15) is 8.42 Å². The summed E-state index contributed by atoms with van der Waals surface area (Å²) in [5.41, 5.74) is 8.28. The van der Waals surface area contributed by atoms with Crippen LogP contribution in [0, 0.1) is 6.92 Å². The highest BCUT2D eigenvalue weighted by Crippen LogP contribution is 2.15. The number of hydrogen-bond donors (Lipinski definition) is 2. The van der Waals surface area contributed by atoms with Crippen molar-refractivity contribution in [2.75, 3.05) is 0 Å². The van der Waals surface area contributed by atoms with Crippen LogP contribution in [0.3, 0.4) is 0 Å². The topological polar surface area (TPSA) is 90.0 Å². The molecule has 0 aromatic carbocycles. The highest BCUT2D eigenvalue weighted by atomic mass is 32.2. The van der Waals surface area contributed by atoms with Gasteiger partial charge < -0.3 is 10.3 Å². The van der Waals surface area contributed by atoms with Crippen molar-refractivity contribution in [2.24, 2.45) is 5.73 Å². The summed E-state index contributed by atoms with van der Waals surface area (Å²) in [5.74, 6) is 0. The Morgan fingerprint density at radius 3 is 2.76 bits per heavy atom. The summed E-state index contributed by atoms with van der Waals surface area (Å²) in [4.78, 5) is 4.25. The van der Waals surface area contributed by atoms with Crippen molar-refractivity contribution in [2.45, 2.75) is 38.4 Å². The second-order valence-electron chi connectivity index (χ2n) is 4.78. The van der Waals surface area contributed by atoms with Crippen LogP contribution in [0.1, 0.15) is 23.7 Å². The van der Waals surface area contributed by atoms with E-state index in [-0.39, 0.29) is 11.4 Å². The first kappa shape index (κ1) is 15.7. The van der Waals surface area contributed by atoms with Gasteiger partial charge in [0, 0.05) is 43.9 Å². The minimum atomic E-state index is -3.55. The van der Waals surface area contributed by atoms with Crippen LogP contribution in [-0.2, 0) is 29.7 Å². The van der Waals surface area contributed by atoms with E-state index < -0.39 is 10.0 Å². The summed E-state index contributed by atoms with van der Waals surface area (Å²) in [6.07, 6.45) is 4.96. The van der Waals surface area contributed by atoms with Gasteiger partial charge >= 0.3 is 0 Å². The van der Waals surface area contributed by atoms with Gasteiger partial charge in [-0.05, 0) is 37.1 Å². The molecule has 3 N–H and O–H groups in total. The summed E-state index contributed by atoms with van der Waals surface area (Å²) in [6, 6.07) is 3.46. The zero-order valence-electron chi connectivity index (χ0n) is 12.2. The van der Waals surface area contributed by atoms with Gasteiger partial charge in [0.2, 0.25) is 10.0 Å².